The lowest BCUT2D eigenvalue weighted by atomic mass is 9.74. The van der Waals surface area contributed by atoms with Crippen LogP contribution in [0.3, 0.4) is 0 Å². The molecule has 0 unspecified atom stereocenters. The quantitative estimate of drug-likeness (QED) is 0.346. The minimum atomic E-state index is -1.33. The number of amides is 3. The number of aliphatic hydroxyl groups excluding tert-OH is 1. The van der Waals surface area contributed by atoms with Gasteiger partial charge in [-0.2, -0.15) is 0 Å². The van der Waals surface area contributed by atoms with Crippen molar-refractivity contribution in [1.82, 2.24) is 15.1 Å². The van der Waals surface area contributed by atoms with Crippen LogP contribution in [-0.2, 0) is 28.7 Å². The van der Waals surface area contributed by atoms with Crippen molar-refractivity contribution < 1.29 is 33.8 Å². The molecule has 5 bridgehead atoms. The van der Waals surface area contributed by atoms with E-state index in [1.54, 1.807) is 11.0 Å². The van der Waals surface area contributed by atoms with Crippen LogP contribution in [0.1, 0.15) is 50.6 Å². The summed E-state index contributed by atoms with van der Waals surface area (Å²) in [4.78, 5) is 58.3. The fourth-order valence-electron chi connectivity index (χ4n) is 6.53. The number of nitrogens with one attached hydrogen (secondary N) is 1. The van der Waals surface area contributed by atoms with Crippen LogP contribution in [-0.4, -0.2) is 89.2 Å². The van der Waals surface area contributed by atoms with Gasteiger partial charge in [0.05, 0.1) is 17.9 Å². The number of ether oxygens (including phenoxy) is 2. The molecule has 2 fully saturated rings. The largest absolute Gasteiger partial charge is 0.463 e. The summed E-state index contributed by atoms with van der Waals surface area (Å²) in [5.41, 5.74) is -0.571. The number of unbranched alkanes of at least 4 members (excludes halogenated alkanes) is 1. The second-order valence-electron chi connectivity index (χ2n) is 11.2. The maximum atomic E-state index is 14.4. The number of benzene rings is 1. The monoisotopic (exact) mass is 643 g/mol. The average Bonchev–Trinajstić information content (AvgIpc) is 3.58. The lowest BCUT2D eigenvalue weighted by Gasteiger charge is -2.35. The van der Waals surface area contributed by atoms with Gasteiger partial charge in [0.15, 0.2) is 0 Å². The number of carbonyl (C=O) groups is 4. The number of hydrogen-bond acceptors (Lipinski definition) is 7. The molecular formula is C31H38BrN3O7. The van der Waals surface area contributed by atoms with E-state index in [4.69, 9.17) is 9.47 Å². The van der Waals surface area contributed by atoms with Crippen LogP contribution in [0.15, 0.2) is 53.0 Å². The molecule has 4 aliphatic heterocycles. The number of nitrogens with zero attached hydrogens (tertiary/aromatic N) is 2. The summed E-state index contributed by atoms with van der Waals surface area (Å²) >= 11 is 3.58. The maximum Gasteiger partial charge on any atom is 0.306 e. The SMILES string of the molecule is CCCCN1C/C=C\CCC(=O)OC[C@H](c2ccccc2)NC(=O)[C@H]2[C@@H]3O[C@@]4(C=C3Br)[C@@H]2C(=O)N(CCCO)[C@@H]4C1=O. The molecule has 0 aromatic heterocycles. The molecule has 42 heavy (non-hydrogen) atoms. The number of esters is 1. The average molecular weight is 645 g/mol. The third-order valence-electron chi connectivity index (χ3n) is 8.55. The van der Waals surface area contributed by atoms with Crippen LogP contribution in [0.5, 0.6) is 0 Å². The van der Waals surface area contributed by atoms with Gasteiger partial charge in [0, 0.05) is 37.1 Å². The molecule has 0 radical (unpaired) electrons. The van der Waals surface area contributed by atoms with Gasteiger partial charge in [-0.15, -0.1) is 0 Å². The van der Waals surface area contributed by atoms with Crippen molar-refractivity contribution in [2.45, 2.75) is 62.8 Å². The first-order valence-corrected chi connectivity index (χ1v) is 15.5. The number of hydrogen-bond donors (Lipinski definition) is 2. The number of halogens is 1. The number of aliphatic hydroxyl groups is 1. The zero-order valence-electron chi connectivity index (χ0n) is 23.7. The lowest BCUT2D eigenvalue weighted by Crippen LogP contribution is -2.56. The van der Waals surface area contributed by atoms with Crippen LogP contribution in [0, 0.1) is 11.8 Å². The van der Waals surface area contributed by atoms with Crippen LogP contribution in [0.25, 0.3) is 0 Å². The minimum Gasteiger partial charge on any atom is -0.463 e. The van der Waals surface area contributed by atoms with Crippen molar-refractivity contribution in [3.8, 4) is 0 Å². The van der Waals surface area contributed by atoms with Gasteiger partial charge in [-0.05, 0) is 30.9 Å². The van der Waals surface area contributed by atoms with Crippen molar-refractivity contribution in [3.63, 3.8) is 0 Å². The Morgan fingerprint density at radius 1 is 1.07 bits per heavy atom. The standard InChI is InChI=1S/C31H38BrN3O7/c1-2-3-14-34-15-9-5-8-13-23(37)41-19-22(20-11-6-4-7-12-20)33-28(38)24-25-29(39)35(16-10-17-36)27(30(34)40)31(25)18-21(32)26(24)42-31/h4-7,9,11-12,18,22,24-27,36H,2-3,8,10,13-17,19H2,1H3,(H,33,38)/b9-5-/t22-,24-,25+,26-,27-,31+/m1/s1. The third kappa shape index (κ3) is 5.66. The molecule has 10 nitrogen and oxygen atoms in total. The Morgan fingerprint density at radius 3 is 2.60 bits per heavy atom. The Bertz CT molecular complexity index is 1250. The van der Waals surface area contributed by atoms with Gasteiger partial charge in [0.2, 0.25) is 17.7 Å². The van der Waals surface area contributed by atoms with Gasteiger partial charge in [0.1, 0.15) is 24.4 Å². The Balaban J connectivity index is 1.56. The molecule has 3 amide bonds. The topological polar surface area (TPSA) is 125 Å². The summed E-state index contributed by atoms with van der Waals surface area (Å²) in [5.74, 6) is -3.23. The van der Waals surface area contributed by atoms with Crippen molar-refractivity contribution in [2.75, 3.05) is 32.8 Å². The predicted octanol–water partition coefficient (Wildman–Crippen LogP) is 2.62. The lowest BCUT2D eigenvalue weighted by molar-refractivity contribution is -0.148. The van der Waals surface area contributed by atoms with Crippen molar-refractivity contribution >= 4 is 39.6 Å². The predicted molar refractivity (Wildman–Crippen MR) is 157 cm³/mol. The number of fused-ring (bicyclic) bond motifs is 2. The highest BCUT2D eigenvalue weighted by atomic mass is 79.9. The second kappa shape index (κ2) is 13.1. The molecule has 5 rings (SSSR count). The summed E-state index contributed by atoms with van der Waals surface area (Å²) in [6, 6.07) is 7.60. The van der Waals surface area contributed by atoms with E-state index >= 15 is 0 Å². The van der Waals surface area contributed by atoms with Gasteiger partial charge in [0.25, 0.3) is 0 Å². The second-order valence-corrected chi connectivity index (χ2v) is 12.2. The van der Waals surface area contributed by atoms with Gasteiger partial charge < -0.3 is 29.7 Å². The van der Waals surface area contributed by atoms with E-state index in [0.29, 0.717) is 30.4 Å². The maximum absolute atomic E-state index is 14.4. The van der Waals surface area contributed by atoms with E-state index in [1.807, 2.05) is 49.4 Å². The van der Waals surface area contributed by atoms with E-state index in [2.05, 4.69) is 21.2 Å². The smallest absolute Gasteiger partial charge is 0.306 e. The van der Waals surface area contributed by atoms with Crippen molar-refractivity contribution in [3.05, 3.63) is 58.6 Å². The molecular weight excluding hydrogens is 606 g/mol. The summed E-state index contributed by atoms with van der Waals surface area (Å²) in [7, 11) is 0. The van der Waals surface area contributed by atoms with Crippen molar-refractivity contribution in [1.29, 1.82) is 0 Å². The summed E-state index contributed by atoms with van der Waals surface area (Å²) in [5, 5.41) is 12.6. The van der Waals surface area contributed by atoms with E-state index in [0.717, 1.165) is 18.4 Å². The molecule has 1 spiro atoms. The summed E-state index contributed by atoms with van der Waals surface area (Å²) in [6.45, 7) is 2.79. The fraction of sp³-hybridized carbons (Fsp3) is 0.548. The minimum absolute atomic E-state index is 0.0636. The first kappa shape index (κ1) is 30.4. The third-order valence-corrected chi connectivity index (χ3v) is 9.23. The van der Waals surface area contributed by atoms with Gasteiger partial charge in [-0.1, -0.05) is 71.8 Å². The Kier molecular flexibility index (Phi) is 9.49. The molecule has 1 aromatic carbocycles. The summed E-state index contributed by atoms with van der Waals surface area (Å²) in [6.07, 6.45) is 7.32. The van der Waals surface area contributed by atoms with Crippen molar-refractivity contribution in [2.24, 2.45) is 11.8 Å². The van der Waals surface area contributed by atoms with E-state index in [1.165, 1.54) is 4.90 Å². The molecule has 2 N–H and O–H groups in total. The van der Waals surface area contributed by atoms with Crippen LogP contribution < -0.4 is 5.32 Å². The van der Waals surface area contributed by atoms with Gasteiger partial charge in [-0.3, -0.25) is 19.2 Å². The highest BCUT2D eigenvalue weighted by Gasteiger charge is 2.74. The Hall–Kier alpha value is -3.02. The van der Waals surface area contributed by atoms with Crippen LogP contribution in [0.2, 0.25) is 0 Å². The molecule has 0 saturated carbocycles. The zero-order chi connectivity index (χ0) is 29.9. The van der Waals surface area contributed by atoms with Crippen LogP contribution in [0.4, 0.5) is 0 Å². The molecule has 226 valence electrons. The van der Waals surface area contributed by atoms with Crippen LogP contribution >= 0.6 is 15.9 Å². The van der Waals surface area contributed by atoms with Gasteiger partial charge in [-0.25, -0.2) is 0 Å². The molecule has 1 aromatic rings. The highest BCUT2D eigenvalue weighted by Crippen LogP contribution is 2.58. The number of rotatable bonds is 7. The molecule has 0 aliphatic carbocycles. The Morgan fingerprint density at radius 2 is 1.86 bits per heavy atom. The van der Waals surface area contributed by atoms with E-state index in [9.17, 15) is 24.3 Å². The molecule has 11 heteroatoms. The van der Waals surface area contributed by atoms with E-state index in [-0.39, 0.29) is 44.0 Å². The number of allylic oxidation sites excluding steroid dienone is 1. The highest BCUT2D eigenvalue weighted by molar-refractivity contribution is 9.11. The van der Waals surface area contributed by atoms with E-state index < -0.39 is 41.5 Å². The first-order valence-electron chi connectivity index (χ1n) is 14.7. The molecule has 4 aliphatic rings. The molecule has 6 atom stereocenters. The first-order chi connectivity index (χ1) is 20.3. The zero-order valence-corrected chi connectivity index (χ0v) is 25.3. The normalized spacial score (nSPS) is 32.5. The molecule has 4 heterocycles. The van der Waals surface area contributed by atoms with Gasteiger partial charge >= 0.3 is 5.97 Å². The fourth-order valence-corrected chi connectivity index (χ4v) is 7.27. The Labute approximate surface area is 254 Å². The molecule has 2 saturated heterocycles. The number of likely N-dealkylation sites (tertiary alicyclic amines) is 1. The number of cyclic esters (lactones) is 1. The number of carbonyl (C=O) groups excluding carboxylic acids is 4. The summed E-state index contributed by atoms with van der Waals surface area (Å²) < 4.78 is 12.7.